The zero-order valence-corrected chi connectivity index (χ0v) is 16.3. The highest BCUT2D eigenvalue weighted by Gasteiger charge is 2.30. The minimum absolute atomic E-state index is 0.00225. The Labute approximate surface area is 170 Å². The maximum Gasteiger partial charge on any atom is 0.259 e. The third kappa shape index (κ3) is 3.22. The topological polar surface area (TPSA) is 70.7 Å². The fourth-order valence-corrected chi connectivity index (χ4v) is 4.11. The molecule has 1 fully saturated rings. The number of rotatable bonds is 2. The van der Waals surface area contributed by atoms with Crippen LogP contribution in [0.4, 0.5) is 0 Å². The first-order chi connectivity index (χ1) is 13.0. The van der Waals surface area contributed by atoms with Crippen molar-refractivity contribution in [3.63, 3.8) is 0 Å². The second kappa shape index (κ2) is 7.19. The van der Waals surface area contributed by atoms with E-state index in [0.29, 0.717) is 13.1 Å². The molecular formula is C18H15Cl3N4O2. The van der Waals surface area contributed by atoms with Gasteiger partial charge in [0.1, 0.15) is 17.1 Å². The first kappa shape index (κ1) is 18.3. The molecule has 1 aliphatic heterocycles. The zero-order valence-electron chi connectivity index (χ0n) is 14.1. The predicted octanol–water partition coefficient (Wildman–Crippen LogP) is 4.41. The van der Waals surface area contributed by atoms with E-state index in [4.69, 9.17) is 34.8 Å². The van der Waals surface area contributed by atoms with Gasteiger partial charge in [0.15, 0.2) is 5.65 Å². The molecule has 0 unspecified atom stereocenters. The Morgan fingerprint density at radius 2 is 1.85 bits per heavy atom. The van der Waals surface area contributed by atoms with Crippen LogP contribution in [-0.2, 0) is 0 Å². The van der Waals surface area contributed by atoms with Crippen molar-refractivity contribution in [1.82, 2.24) is 19.5 Å². The van der Waals surface area contributed by atoms with Gasteiger partial charge in [-0.05, 0) is 31.0 Å². The first-order valence-electron chi connectivity index (χ1n) is 8.42. The standard InChI is InChI=1S/C18H15Cl3N4O2/c19-11-9-12(20)16(26)14(15(11)21)18(27)24-7-4-10(5-8-24)17-23-22-13-3-1-2-6-25(13)17/h1-3,6,9-10,26H,4-5,7-8H2. The van der Waals surface area contributed by atoms with Gasteiger partial charge in [0, 0.05) is 25.2 Å². The minimum atomic E-state index is -0.383. The summed E-state index contributed by atoms with van der Waals surface area (Å²) in [7, 11) is 0. The number of carbonyl (C=O) groups excluding carboxylic acids is 1. The molecule has 1 aliphatic rings. The summed E-state index contributed by atoms with van der Waals surface area (Å²) in [6.07, 6.45) is 3.40. The summed E-state index contributed by atoms with van der Waals surface area (Å²) in [4.78, 5) is 14.5. The van der Waals surface area contributed by atoms with Gasteiger partial charge in [0.2, 0.25) is 0 Å². The van der Waals surface area contributed by atoms with Crippen LogP contribution < -0.4 is 0 Å². The maximum absolute atomic E-state index is 12.9. The van der Waals surface area contributed by atoms with E-state index in [0.717, 1.165) is 24.3 Å². The summed E-state index contributed by atoms with van der Waals surface area (Å²) in [5, 5.41) is 18.8. The summed E-state index contributed by atoms with van der Waals surface area (Å²) in [5.74, 6) is 0.357. The molecule has 1 saturated heterocycles. The van der Waals surface area contributed by atoms with Gasteiger partial charge in [-0.3, -0.25) is 9.20 Å². The Hall–Kier alpha value is -2.02. The van der Waals surface area contributed by atoms with Gasteiger partial charge in [0.25, 0.3) is 5.91 Å². The van der Waals surface area contributed by atoms with Crippen LogP contribution in [0.3, 0.4) is 0 Å². The normalized spacial score (nSPS) is 15.4. The molecule has 0 bridgehead atoms. The zero-order chi connectivity index (χ0) is 19.1. The summed E-state index contributed by atoms with van der Waals surface area (Å²) in [6.45, 7) is 1.01. The SMILES string of the molecule is O=C(c1c(O)c(Cl)cc(Cl)c1Cl)N1CCC(c2nnc3ccccn23)CC1. The molecule has 3 aromatic rings. The van der Waals surface area contributed by atoms with Gasteiger partial charge in [-0.2, -0.15) is 0 Å². The fourth-order valence-electron chi connectivity index (χ4n) is 3.42. The Morgan fingerprint density at radius 3 is 2.59 bits per heavy atom. The van der Waals surface area contributed by atoms with Crippen molar-refractivity contribution in [1.29, 1.82) is 0 Å². The van der Waals surface area contributed by atoms with E-state index >= 15 is 0 Å². The van der Waals surface area contributed by atoms with Crippen LogP contribution in [-0.4, -0.2) is 43.6 Å². The number of nitrogens with zero attached hydrogens (tertiary/aromatic N) is 4. The molecule has 0 spiro atoms. The number of phenolic OH excluding ortho intramolecular Hbond substituents is 1. The summed E-state index contributed by atoms with van der Waals surface area (Å²) in [6, 6.07) is 7.08. The number of amides is 1. The van der Waals surface area contributed by atoms with Crippen molar-refractivity contribution in [2.75, 3.05) is 13.1 Å². The molecule has 1 N–H and O–H groups in total. The number of hydrogen-bond donors (Lipinski definition) is 1. The van der Waals surface area contributed by atoms with Crippen LogP contribution in [0.15, 0.2) is 30.5 Å². The van der Waals surface area contributed by atoms with E-state index < -0.39 is 0 Å². The lowest BCUT2D eigenvalue weighted by molar-refractivity contribution is 0.0708. The van der Waals surface area contributed by atoms with E-state index in [1.54, 1.807) is 4.90 Å². The highest BCUT2D eigenvalue weighted by Crippen LogP contribution is 2.39. The third-order valence-corrected chi connectivity index (χ3v) is 5.92. The van der Waals surface area contributed by atoms with E-state index in [9.17, 15) is 9.90 Å². The number of carbonyl (C=O) groups is 1. The number of phenols is 1. The van der Waals surface area contributed by atoms with E-state index in [-0.39, 0.29) is 38.2 Å². The van der Waals surface area contributed by atoms with Crippen molar-refractivity contribution in [2.24, 2.45) is 0 Å². The monoisotopic (exact) mass is 424 g/mol. The number of aromatic hydroxyl groups is 1. The Kier molecular flexibility index (Phi) is 4.88. The molecule has 27 heavy (non-hydrogen) atoms. The van der Waals surface area contributed by atoms with Crippen LogP contribution in [0, 0.1) is 0 Å². The van der Waals surface area contributed by atoms with E-state index in [1.165, 1.54) is 6.07 Å². The van der Waals surface area contributed by atoms with Gasteiger partial charge in [-0.25, -0.2) is 0 Å². The van der Waals surface area contributed by atoms with Crippen molar-refractivity contribution in [2.45, 2.75) is 18.8 Å². The minimum Gasteiger partial charge on any atom is -0.505 e. The molecule has 0 radical (unpaired) electrons. The molecule has 6 nitrogen and oxygen atoms in total. The van der Waals surface area contributed by atoms with Gasteiger partial charge in [-0.15, -0.1) is 10.2 Å². The van der Waals surface area contributed by atoms with Crippen molar-refractivity contribution >= 4 is 46.4 Å². The molecule has 4 rings (SSSR count). The quantitative estimate of drug-likeness (QED) is 0.617. The smallest absolute Gasteiger partial charge is 0.259 e. The summed E-state index contributed by atoms with van der Waals surface area (Å²) >= 11 is 18.1. The Morgan fingerprint density at radius 1 is 1.11 bits per heavy atom. The molecule has 3 heterocycles. The number of halogens is 3. The molecule has 2 aromatic heterocycles. The lowest BCUT2D eigenvalue weighted by Gasteiger charge is -2.31. The molecule has 140 valence electrons. The molecule has 0 atom stereocenters. The molecule has 9 heteroatoms. The first-order valence-corrected chi connectivity index (χ1v) is 9.56. The molecular weight excluding hydrogens is 411 g/mol. The second-order valence-corrected chi connectivity index (χ2v) is 7.62. The summed E-state index contributed by atoms with van der Waals surface area (Å²) < 4.78 is 1.97. The highest BCUT2D eigenvalue weighted by atomic mass is 35.5. The number of benzene rings is 1. The van der Waals surface area contributed by atoms with Crippen LogP contribution in [0.5, 0.6) is 5.75 Å². The lowest BCUT2D eigenvalue weighted by atomic mass is 9.95. The number of fused-ring (bicyclic) bond motifs is 1. The largest absolute Gasteiger partial charge is 0.505 e. The van der Waals surface area contributed by atoms with Crippen molar-refractivity contribution < 1.29 is 9.90 Å². The third-order valence-electron chi connectivity index (χ3n) is 4.85. The van der Waals surface area contributed by atoms with Crippen LogP contribution >= 0.6 is 34.8 Å². The Balaban J connectivity index is 1.54. The van der Waals surface area contributed by atoms with Crippen molar-refractivity contribution in [3.8, 4) is 5.75 Å². The number of hydrogen-bond acceptors (Lipinski definition) is 4. The average Bonchev–Trinajstić information content (AvgIpc) is 3.11. The van der Waals surface area contributed by atoms with Crippen LogP contribution in [0.25, 0.3) is 5.65 Å². The van der Waals surface area contributed by atoms with Crippen molar-refractivity contribution in [3.05, 3.63) is 56.9 Å². The predicted molar refractivity (Wildman–Crippen MR) is 104 cm³/mol. The average molecular weight is 426 g/mol. The van der Waals surface area contributed by atoms with E-state index in [2.05, 4.69) is 10.2 Å². The van der Waals surface area contributed by atoms with Gasteiger partial charge in [0.05, 0.1) is 15.1 Å². The molecule has 1 aromatic carbocycles. The molecule has 0 saturated carbocycles. The number of aromatic nitrogens is 3. The second-order valence-electron chi connectivity index (χ2n) is 6.43. The number of likely N-dealkylation sites (tertiary alicyclic amines) is 1. The van der Waals surface area contributed by atoms with Crippen LogP contribution in [0.1, 0.15) is 34.9 Å². The van der Waals surface area contributed by atoms with Gasteiger partial charge in [-0.1, -0.05) is 40.9 Å². The number of pyridine rings is 1. The molecule has 1 amide bonds. The van der Waals surface area contributed by atoms with Gasteiger partial charge >= 0.3 is 0 Å². The Bertz CT molecular complexity index is 1000. The lowest BCUT2D eigenvalue weighted by Crippen LogP contribution is -2.38. The maximum atomic E-state index is 12.9. The molecule has 0 aliphatic carbocycles. The van der Waals surface area contributed by atoms with E-state index in [1.807, 2.05) is 28.8 Å². The number of piperidine rings is 1. The fraction of sp³-hybridized carbons (Fsp3) is 0.278. The highest BCUT2D eigenvalue weighted by molar-refractivity contribution is 6.45. The van der Waals surface area contributed by atoms with Crippen LogP contribution in [0.2, 0.25) is 15.1 Å². The summed E-state index contributed by atoms with van der Waals surface area (Å²) in [5.41, 5.74) is 0.747. The van der Waals surface area contributed by atoms with Gasteiger partial charge < -0.3 is 10.0 Å².